The van der Waals surface area contributed by atoms with Gasteiger partial charge in [0, 0.05) is 10.8 Å². The van der Waals surface area contributed by atoms with Crippen molar-refractivity contribution in [2.45, 2.75) is 0 Å². The van der Waals surface area contributed by atoms with Crippen molar-refractivity contribution in [3.8, 4) is 0 Å². The lowest BCUT2D eigenvalue weighted by Gasteiger charge is -2.04. The highest BCUT2D eigenvalue weighted by Gasteiger charge is 2.07. The van der Waals surface area contributed by atoms with Crippen molar-refractivity contribution in [1.29, 1.82) is 0 Å². The molecule has 0 atom stereocenters. The lowest BCUT2D eigenvalue weighted by atomic mass is 10.1. The molecule has 0 fully saturated rings. The first-order valence-electron chi connectivity index (χ1n) is 6.83. The van der Waals surface area contributed by atoms with Gasteiger partial charge in [0.25, 0.3) is 0 Å². The van der Waals surface area contributed by atoms with Crippen molar-refractivity contribution in [2.75, 3.05) is 0 Å². The SMILES string of the molecule is c1ccc2cc3nc4nc5nnnnc5cc4cc3cc2c1. The van der Waals surface area contributed by atoms with E-state index in [-0.39, 0.29) is 0 Å². The van der Waals surface area contributed by atoms with Crippen LogP contribution in [0.25, 0.3) is 43.9 Å². The van der Waals surface area contributed by atoms with Crippen LogP contribution in [0.5, 0.6) is 0 Å². The maximum absolute atomic E-state index is 4.65. The van der Waals surface area contributed by atoms with Crippen LogP contribution in [0, 0.1) is 0 Å². The van der Waals surface area contributed by atoms with Gasteiger partial charge in [-0.15, -0.1) is 10.2 Å². The van der Waals surface area contributed by atoms with E-state index in [9.17, 15) is 0 Å². The van der Waals surface area contributed by atoms with E-state index in [1.807, 2.05) is 18.2 Å². The molecule has 5 aromatic rings. The Balaban J connectivity index is 1.93. The summed E-state index contributed by atoms with van der Waals surface area (Å²) in [5.74, 6) is 0. The fourth-order valence-electron chi connectivity index (χ4n) is 2.71. The van der Waals surface area contributed by atoms with Gasteiger partial charge in [0.2, 0.25) is 5.65 Å². The first kappa shape index (κ1) is 11.4. The molecule has 0 amide bonds. The van der Waals surface area contributed by atoms with Crippen LogP contribution in [0.2, 0.25) is 0 Å². The molecule has 0 radical (unpaired) electrons. The molecule has 5 rings (SSSR count). The summed E-state index contributed by atoms with van der Waals surface area (Å²) in [6.45, 7) is 0. The molecule has 102 valence electrons. The molecule has 0 saturated carbocycles. The van der Waals surface area contributed by atoms with Gasteiger partial charge in [-0.05, 0) is 45.5 Å². The quantitative estimate of drug-likeness (QED) is 0.407. The lowest BCUT2D eigenvalue weighted by molar-refractivity contribution is 0.791. The van der Waals surface area contributed by atoms with Crippen molar-refractivity contribution in [3.63, 3.8) is 0 Å². The molecule has 3 aromatic heterocycles. The minimum atomic E-state index is 0.454. The third kappa shape index (κ3) is 1.61. The van der Waals surface area contributed by atoms with Crippen LogP contribution < -0.4 is 0 Å². The van der Waals surface area contributed by atoms with Gasteiger partial charge in [-0.1, -0.05) is 24.3 Å². The van der Waals surface area contributed by atoms with Gasteiger partial charge in [0.1, 0.15) is 5.52 Å². The van der Waals surface area contributed by atoms with Crippen LogP contribution in [0.1, 0.15) is 0 Å². The third-order valence-electron chi connectivity index (χ3n) is 3.76. The van der Waals surface area contributed by atoms with Crippen LogP contribution in [-0.4, -0.2) is 30.6 Å². The number of benzene rings is 2. The van der Waals surface area contributed by atoms with Gasteiger partial charge in [-0.25, -0.2) is 9.97 Å². The van der Waals surface area contributed by atoms with E-state index in [0.29, 0.717) is 16.8 Å². The van der Waals surface area contributed by atoms with Crippen molar-refractivity contribution >= 4 is 43.9 Å². The molecular weight excluding hydrogens is 276 g/mol. The molecule has 0 saturated heterocycles. The normalized spacial score (nSPS) is 11.6. The molecule has 0 aliphatic rings. The Morgan fingerprint density at radius 2 is 1.27 bits per heavy atom. The van der Waals surface area contributed by atoms with E-state index in [1.165, 1.54) is 5.39 Å². The average molecular weight is 284 g/mol. The second kappa shape index (κ2) is 4.11. The Kier molecular flexibility index (Phi) is 2.13. The zero-order valence-corrected chi connectivity index (χ0v) is 11.3. The Labute approximate surface area is 123 Å². The van der Waals surface area contributed by atoms with Crippen molar-refractivity contribution in [3.05, 3.63) is 48.5 Å². The Morgan fingerprint density at radius 1 is 0.545 bits per heavy atom. The van der Waals surface area contributed by atoms with Crippen molar-refractivity contribution in [2.24, 2.45) is 0 Å². The number of pyridine rings is 2. The summed E-state index contributed by atoms with van der Waals surface area (Å²) in [6.07, 6.45) is 0. The third-order valence-corrected chi connectivity index (χ3v) is 3.76. The second-order valence-corrected chi connectivity index (χ2v) is 5.14. The molecule has 0 N–H and O–H groups in total. The minimum Gasteiger partial charge on any atom is -0.228 e. The highest BCUT2D eigenvalue weighted by Crippen LogP contribution is 2.25. The molecule has 2 aromatic carbocycles. The summed E-state index contributed by atoms with van der Waals surface area (Å²) in [5.41, 5.74) is 2.62. The van der Waals surface area contributed by atoms with Crippen molar-refractivity contribution in [1.82, 2.24) is 30.6 Å². The number of rotatable bonds is 0. The van der Waals surface area contributed by atoms with E-state index in [1.54, 1.807) is 0 Å². The largest absolute Gasteiger partial charge is 0.228 e. The van der Waals surface area contributed by atoms with Crippen LogP contribution >= 0.6 is 0 Å². The molecule has 3 heterocycles. The first-order chi connectivity index (χ1) is 10.9. The van der Waals surface area contributed by atoms with Crippen LogP contribution in [0.15, 0.2) is 48.5 Å². The molecule has 0 aliphatic heterocycles. The summed E-state index contributed by atoms with van der Waals surface area (Å²) in [5, 5.41) is 19.2. The van der Waals surface area contributed by atoms with Gasteiger partial charge < -0.3 is 0 Å². The zero-order chi connectivity index (χ0) is 14.5. The molecule has 6 nitrogen and oxygen atoms in total. The van der Waals surface area contributed by atoms with E-state index in [4.69, 9.17) is 0 Å². The number of fused-ring (bicyclic) bond motifs is 4. The predicted molar refractivity (Wildman–Crippen MR) is 83.2 cm³/mol. The number of aromatic nitrogens is 6. The van der Waals surface area contributed by atoms with Crippen LogP contribution in [-0.2, 0) is 0 Å². The summed E-state index contributed by atoms with van der Waals surface area (Å²) in [4.78, 5) is 9.07. The summed E-state index contributed by atoms with van der Waals surface area (Å²) < 4.78 is 0. The molecular formula is C16H8N6. The number of hydrogen-bond acceptors (Lipinski definition) is 6. The van der Waals surface area contributed by atoms with Gasteiger partial charge in [0.15, 0.2) is 5.65 Å². The molecule has 6 heteroatoms. The van der Waals surface area contributed by atoms with Crippen LogP contribution in [0.4, 0.5) is 0 Å². The zero-order valence-electron chi connectivity index (χ0n) is 11.3. The molecule has 0 spiro atoms. The summed E-state index contributed by atoms with van der Waals surface area (Å²) in [6, 6.07) is 16.4. The van der Waals surface area contributed by atoms with E-state index < -0.39 is 0 Å². The standard InChI is InChI=1S/C16H8N6/c1-2-4-10-7-13-11(5-9(10)3-1)6-12-8-14-16(18-15(12)17-13)20-22-21-19-14/h1-8H. The van der Waals surface area contributed by atoms with Gasteiger partial charge >= 0.3 is 0 Å². The van der Waals surface area contributed by atoms with Gasteiger partial charge in [-0.3, -0.25) is 0 Å². The van der Waals surface area contributed by atoms with Crippen LogP contribution in [0.3, 0.4) is 0 Å². The fourth-order valence-corrected chi connectivity index (χ4v) is 2.71. The highest BCUT2D eigenvalue weighted by molar-refractivity contribution is 6.01. The lowest BCUT2D eigenvalue weighted by Crippen LogP contribution is -1.96. The summed E-state index contributed by atoms with van der Waals surface area (Å²) >= 11 is 0. The van der Waals surface area contributed by atoms with Gasteiger partial charge in [-0.2, -0.15) is 0 Å². The fraction of sp³-hybridized carbons (Fsp3) is 0. The predicted octanol–water partition coefficient (Wildman–Crippen LogP) is 2.67. The Morgan fingerprint density at radius 3 is 2.18 bits per heavy atom. The van der Waals surface area contributed by atoms with E-state index in [2.05, 4.69) is 60.9 Å². The molecule has 0 bridgehead atoms. The number of nitrogens with zero attached hydrogens (tertiary/aromatic N) is 6. The molecule has 0 unspecified atom stereocenters. The maximum atomic E-state index is 4.65. The molecule has 0 aliphatic carbocycles. The highest BCUT2D eigenvalue weighted by atomic mass is 15.4. The topological polar surface area (TPSA) is 77.3 Å². The Hall–Kier alpha value is -3.28. The van der Waals surface area contributed by atoms with Gasteiger partial charge in [0.05, 0.1) is 5.52 Å². The Bertz CT molecular complexity index is 1000. The smallest absolute Gasteiger partial charge is 0.206 e. The molecule has 22 heavy (non-hydrogen) atoms. The first-order valence-corrected chi connectivity index (χ1v) is 6.83. The monoisotopic (exact) mass is 284 g/mol. The second-order valence-electron chi connectivity index (χ2n) is 5.14. The number of hydrogen-bond donors (Lipinski definition) is 0. The van der Waals surface area contributed by atoms with Crippen molar-refractivity contribution < 1.29 is 0 Å². The minimum absolute atomic E-state index is 0.454. The maximum Gasteiger partial charge on any atom is 0.206 e. The summed E-state index contributed by atoms with van der Waals surface area (Å²) in [7, 11) is 0. The average Bonchev–Trinajstić information content (AvgIpc) is 2.56. The van der Waals surface area contributed by atoms with E-state index in [0.717, 1.165) is 21.7 Å². The van der Waals surface area contributed by atoms with E-state index >= 15 is 0 Å².